The first-order valence-electron chi connectivity index (χ1n) is 5.76. The van der Waals surface area contributed by atoms with Gasteiger partial charge in [0.1, 0.15) is 5.82 Å². The van der Waals surface area contributed by atoms with Crippen molar-refractivity contribution in [3.63, 3.8) is 0 Å². The average Bonchev–Trinajstić information content (AvgIpc) is 2.59. The number of benzene rings is 1. The molecule has 1 fully saturated rings. The molecule has 1 unspecified atom stereocenters. The Morgan fingerprint density at radius 2 is 2.29 bits per heavy atom. The van der Waals surface area contributed by atoms with Gasteiger partial charge in [0.05, 0.1) is 4.83 Å². The summed E-state index contributed by atoms with van der Waals surface area (Å²) < 4.78 is 12.9. The number of nitrogens with zero attached hydrogens (tertiary/aromatic N) is 1. The fourth-order valence-electron chi connectivity index (χ4n) is 2.12. The van der Waals surface area contributed by atoms with E-state index < -0.39 is 0 Å². The molecule has 4 heteroatoms. The zero-order valence-corrected chi connectivity index (χ0v) is 11.3. The minimum absolute atomic E-state index is 0.0168. The highest BCUT2D eigenvalue weighted by Gasteiger charge is 2.28. The van der Waals surface area contributed by atoms with Crippen molar-refractivity contribution in [3.05, 3.63) is 35.1 Å². The van der Waals surface area contributed by atoms with E-state index in [1.807, 2.05) is 11.8 Å². The summed E-state index contributed by atoms with van der Waals surface area (Å²) >= 11 is 3.35. The van der Waals surface area contributed by atoms with E-state index in [-0.39, 0.29) is 16.6 Å². The van der Waals surface area contributed by atoms with Gasteiger partial charge in [-0.05, 0) is 43.0 Å². The lowest BCUT2D eigenvalue weighted by Crippen LogP contribution is -2.29. The van der Waals surface area contributed by atoms with E-state index >= 15 is 0 Å². The largest absolute Gasteiger partial charge is 0.341 e. The van der Waals surface area contributed by atoms with Gasteiger partial charge in [-0.15, -0.1) is 0 Å². The van der Waals surface area contributed by atoms with E-state index in [4.69, 9.17) is 0 Å². The van der Waals surface area contributed by atoms with Crippen LogP contribution < -0.4 is 0 Å². The monoisotopic (exact) mass is 299 g/mol. The third-order valence-electron chi connectivity index (χ3n) is 3.19. The van der Waals surface area contributed by atoms with Crippen molar-refractivity contribution in [1.29, 1.82) is 0 Å². The lowest BCUT2D eigenvalue weighted by atomic mass is 10.1. The molecule has 1 heterocycles. The highest BCUT2D eigenvalue weighted by Crippen LogP contribution is 2.19. The van der Waals surface area contributed by atoms with Crippen LogP contribution in [0.1, 0.15) is 17.5 Å². The fourth-order valence-corrected chi connectivity index (χ4v) is 2.61. The second-order valence-electron chi connectivity index (χ2n) is 4.40. The first-order chi connectivity index (χ1) is 8.08. The van der Waals surface area contributed by atoms with Crippen molar-refractivity contribution in [2.75, 3.05) is 13.1 Å². The van der Waals surface area contributed by atoms with Crippen molar-refractivity contribution in [2.45, 2.75) is 24.6 Å². The van der Waals surface area contributed by atoms with Gasteiger partial charge in [-0.2, -0.15) is 0 Å². The molecule has 92 valence electrons. The number of likely N-dealkylation sites (tertiary alicyclic amines) is 1. The van der Waals surface area contributed by atoms with Gasteiger partial charge in [0, 0.05) is 13.1 Å². The number of alkyl halides is 1. The smallest absolute Gasteiger partial charge is 0.236 e. The summed E-state index contributed by atoms with van der Waals surface area (Å²) in [6, 6.07) is 4.81. The molecule has 17 heavy (non-hydrogen) atoms. The Morgan fingerprint density at radius 3 is 2.88 bits per heavy atom. The Kier molecular flexibility index (Phi) is 3.82. The Bertz CT molecular complexity index is 435. The maximum atomic E-state index is 12.9. The molecular formula is C13H15BrFNO. The molecule has 2 nitrogen and oxygen atoms in total. The van der Waals surface area contributed by atoms with Crippen LogP contribution in [0.2, 0.25) is 0 Å². The lowest BCUT2D eigenvalue weighted by molar-refractivity contribution is -0.127. The fraction of sp³-hybridized carbons (Fsp3) is 0.462. The highest BCUT2D eigenvalue weighted by molar-refractivity contribution is 9.10. The van der Waals surface area contributed by atoms with Gasteiger partial charge in [0.15, 0.2) is 0 Å². The average molecular weight is 300 g/mol. The molecule has 0 aliphatic carbocycles. The van der Waals surface area contributed by atoms with Crippen molar-refractivity contribution in [1.82, 2.24) is 4.90 Å². The molecule has 1 aliphatic rings. The van der Waals surface area contributed by atoms with Gasteiger partial charge < -0.3 is 4.90 Å². The van der Waals surface area contributed by atoms with Crippen LogP contribution in [0.3, 0.4) is 0 Å². The second-order valence-corrected chi connectivity index (χ2v) is 5.51. The third-order valence-corrected chi connectivity index (χ3v) is 4.04. The van der Waals surface area contributed by atoms with Gasteiger partial charge >= 0.3 is 0 Å². The first-order valence-corrected chi connectivity index (χ1v) is 6.67. The van der Waals surface area contributed by atoms with Crippen LogP contribution in [0.15, 0.2) is 18.2 Å². The Morgan fingerprint density at radius 1 is 1.53 bits per heavy atom. The minimum Gasteiger partial charge on any atom is -0.341 e. The molecule has 0 spiro atoms. The standard InChI is InChI=1S/C13H15BrFNO/c1-9-8-11(15)3-2-10(9)4-6-16-7-5-12(14)13(16)17/h2-3,8,12H,4-7H2,1H3. The highest BCUT2D eigenvalue weighted by atomic mass is 79.9. The van der Waals surface area contributed by atoms with Crippen molar-refractivity contribution >= 4 is 21.8 Å². The predicted molar refractivity (Wildman–Crippen MR) is 68.8 cm³/mol. The molecule has 0 aromatic heterocycles. The number of aryl methyl sites for hydroxylation is 1. The molecule has 1 amide bonds. The third kappa shape index (κ3) is 2.86. The maximum Gasteiger partial charge on any atom is 0.236 e. The summed E-state index contributed by atoms with van der Waals surface area (Å²) in [7, 11) is 0. The predicted octanol–water partition coefficient (Wildman–Crippen LogP) is 2.67. The molecule has 1 atom stereocenters. The number of carbonyl (C=O) groups excluding carboxylic acids is 1. The van der Waals surface area contributed by atoms with Crippen LogP contribution in [0, 0.1) is 12.7 Å². The SMILES string of the molecule is Cc1cc(F)ccc1CCN1CCC(Br)C1=O. The summed E-state index contributed by atoms with van der Waals surface area (Å²) in [5.74, 6) is -0.0335. The van der Waals surface area contributed by atoms with E-state index in [2.05, 4.69) is 15.9 Å². The molecule has 0 N–H and O–H groups in total. The van der Waals surface area contributed by atoms with Gasteiger partial charge in [0.2, 0.25) is 5.91 Å². The first kappa shape index (κ1) is 12.6. The summed E-state index contributed by atoms with van der Waals surface area (Å²) in [6.07, 6.45) is 1.67. The van der Waals surface area contributed by atoms with Crippen LogP contribution in [-0.2, 0) is 11.2 Å². The minimum atomic E-state index is -0.205. The van der Waals surface area contributed by atoms with Crippen molar-refractivity contribution < 1.29 is 9.18 Å². The van der Waals surface area contributed by atoms with E-state index in [1.165, 1.54) is 12.1 Å². The Hall–Kier alpha value is -0.900. The van der Waals surface area contributed by atoms with Gasteiger partial charge in [-0.1, -0.05) is 22.0 Å². The van der Waals surface area contributed by atoms with Crippen LogP contribution >= 0.6 is 15.9 Å². The second kappa shape index (κ2) is 5.17. The molecule has 1 aromatic rings. The zero-order valence-electron chi connectivity index (χ0n) is 9.75. The number of carbonyl (C=O) groups is 1. The topological polar surface area (TPSA) is 20.3 Å². The number of hydrogen-bond acceptors (Lipinski definition) is 1. The van der Waals surface area contributed by atoms with Gasteiger partial charge in [-0.3, -0.25) is 4.79 Å². The van der Waals surface area contributed by atoms with Crippen molar-refractivity contribution in [3.8, 4) is 0 Å². The number of amides is 1. The zero-order chi connectivity index (χ0) is 12.4. The maximum absolute atomic E-state index is 12.9. The molecule has 0 bridgehead atoms. The van der Waals surface area contributed by atoms with Gasteiger partial charge in [-0.25, -0.2) is 4.39 Å². The van der Waals surface area contributed by atoms with Crippen molar-refractivity contribution in [2.24, 2.45) is 0 Å². The number of hydrogen-bond donors (Lipinski definition) is 0. The van der Waals surface area contributed by atoms with Crippen LogP contribution in [-0.4, -0.2) is 28.7 Å². The van der Waals surface area contributed by atoms with Gasteiger partial charge in [0.25, 0.3) is 0 Å². The van der Waals surface area contributed by atoms with Crippen LogP contribution in [0.25, 0.3) is 0 Å². The summed E-state index contributed by atoms with van der Waals surface area (Å²) in [5, 5.41) is 0. The Balaban J connectivity index is 1.96. The molecular weight excluding hydrogens is 285 g/mol. The number of rotatable bonds is 3. The molecule has 1 aromatic carbocycles. The quantitative estimate of drug-likeness (QED) is 0.786. The summed E-state index contributed by atoms with van der Waals surface area (Å²) in [5.41, 5.74) is 2.06. The van der Waals surface area contributed by atoms with Crippen LogP contribution in [0.5, 0.6) is 0 Å². The Labute approximate surface area is 109 Å². The normalized spacial score (nSPS) is 20.1. The summed E-state index contributed by atoms with van der Waals surface area (Å²) in [6.45, 7) is 3.43. The number of halogens is 2. The molecule has 1 saturated heterocycles. The molecule has 0 radical (unpaired) electrons. The molecule has 0 saturated carbocycles. The van der Waals surface area contributed by atoms with E-state index in [9.17, 15) is 9.18 Å². The van der Waals surface area contributed by atoms with Crippen LogP contribution in [0.4, 0.5) is 4.39 Å². The molecule has 1 aliphatic heterocycles. The summed E-state index contributed by atoms with van der Waals surface area (Å²) in [4.78, 5) is 13.5. The van der Waals surface area contributed by atoms with E-state index in [0.717, 1.165) is 30.5 Å². The lowest BCUT2D eigenvalue weighted by Gasteiger charge is -2.16. The van der Waals surface area contributed by atoms with E-state index in [1.54, 1.807) is 6.07 Å². The van der Waals surface area contributed by atoms with E-state index in [0.29, 0.717) is 6.54 Å². The molecule has 2 rings (SSSR count).